The summed E-state index contributed by atoms with van der Waals surface area (Å²) in [6, 6.07) is 0. The molecule has 0 aromatic heterocycles. The summed E-state index contributed by atoms with van der Waals surface area (Å²) in [6.45, 7) is 3.73. The van der Waals surface area contributed by atoms with E-state index >= 15 is 0 Å². The van der Waals surface area contributed by atoms with Gasteiger partial charge in [0, 0.05) is 24.8 Å². The first kappa shape index (κ1) is 10.4. The third-order valence-corrected chi connectivity index (χ3v) is 2.85. The van der Waals surface area contributed by atoms with Crippen LogP contribution in [0.25, 0.3) is 0 Å². The number of likely N-dealkylation sites (tertiary alicyclic amines) is 1. The highest BCUT2D eigenvalue weighted by molar-refractivity contribution is 8.04. The molecule has 1 aliphatic rings. The lowest BCUT2D eigenvalue weighted by Gasteiger charge is -2.16. The van der Waals surface area contributed by atoms with Crippen molar-refractivity contribution in [2.24, 2.45) is 0 Å². The number of nitrogens with zero attached hydrogens (tertiary/aromatic N) is 2. The summed E-state index contributed by atoms with van der Waals surface area (Å²) in [7, 11) is 0. The van der Waals surface area contributed by atoms with Crippen LogP contribution in [0.2, 0.25) is 0 Å². The first-order chi connectivity index (χ1) is 6.24. The number of hydrogen-bond donors (Lipinski definition) is 0. The lowest BCUT2D eigenvalue weighted by molar-refractivity contribution is -0.130. The third kappa shape index (κ3) is 3.27. The van der Waals surface area contributed by atoms with Crippen LogP contribution in [0.4, 0.5) is 0 Å². The number of rotatable bonds is 3. The number of carbonyl (C=O) groups excluding carboxylic acids is 1. The fourth-order valence-corrected chi connectivity index (χ4v) is 1.88. The molecule has 4 heteroatoms. The number of thiocyanates is 1. The topological polar surface area (TPSA) is 44.1 Å². The third-order valence-electron chi connectivity index (χ3n) is 2.17. The van der Waals surface area contributed by atoms with Crippen molar-refractivity contribution >= 4 is 17.7 Å². The van der Waals surface area contributed by atoms with Gasteiger partial charge >= 0.3 is 0 Å². The van der Waals surface area contributed by atoms with Crippen LogP contribution in [0.1, 0.15) is 26.2 Å². The summed E-state index contributed by atoms with van der Waals surface area (Å²) in [4.78, 5) is 13.4. The van der Waals surface area contributed by atoms with E-state index in [0.717, 1.165) is 25.9 Å². The summed E-state index contributed by atoms with van der Waals surface area (Å²) >= 11 is 1.18. The summed E-state index contributed by atoms with van der Waals surface area (Å²) in [5.41, 5.74) is 0. The van der Waals surface area contributed by atoms with E-state index in [0.29, 0.717) is 6.42 Å². The van der Waals surface area contributed by atoms with Gasteiger partial charge in [-0.25, -0.2) is 0 Å². The predicted octanol–water partition coefficient (Wildman–Crippen LogP) is 1.60. The number of amides is 1. The molecule has 1 amide bonds. The first-order valence-electron chi connectivity index (χ1n) is 4.56. The smallest absolute Gasteiger partial charge is 0.223 e. The zero-order valence-corrected chi connectivity index (χ0v) is 8.64. The molecule has 1 aliphatic heterocycles. The first-order valence-corrected chi connectivity index (χ1v) is 5.44. The van der Waals surface area contributed by atoms with E-state index in [4.69, 9.17) is 5.26 Å². The molecule has 3 nitrogen and oxygen atoms in total. The average Bonchev–Trinajstić information content (AvgIpc) is 2.55. The largest absolute Gasteiger partial charge is 0.343 e. The van der Waals surface area contributed by atoms with Crippen molar-refractivity contribution in [3.8, 4) is 5.40 Å². The molecule has 13 heavy (non-hydrogen) atoms. The van der Waals surface area contributed by atoms with Crippen LogP contribution in [-0.4, -0.2) is 29.1 Å². The number of nitriles is 1. The Labute approximate surface area is 83.1 Å². The van der Waals surface area contributed by atoms with Gasteiger partial charge in [0.1, 0.15) is 5.40 Å². The summed E-state index contributed by atoms with van der Waals surface area (Å²) in [6.07, 6.45) is 2.76. The highest BCUT2D eigenvalue weighted by atomic mass is 32.2. The van der Waals surface area contributed by atoms with E-state index in [-0.39, 0.29) is 11.2 Å². The summed E-state index contributed by atoms with van der Waals surface area (Å²) in [5.74, 6) is 0.202. The molecule has 0 N–H and O–H groups in total. The minimum atomic E-state index is 0.123. The van der Waals surface area contributed by atoms with Crippen LogP contribution in [-0.2, 0) is 4.79 Å². The zero-order valence-electron chi connectivity index (χ0n) is 7.82. The van der Waals surface area contributed by atoms with Gasteiger partial charge in [0.15, 0.2) is 0 Å². The van der Waals surface area contributed by atoms with E-state index in [1.165, 1.54) is 11.8 Å². The van der Waals surface area contributed by atoms with E-state index in [9.17, 15) is 4.79 Å². The molecule has 0 aromatic rings. The van der Waals surface area contributed by atoms with Crippen molar-refractivity contribution in [2.75, 3.05) is 13.1 Å². The predicted molar refractivity (Wildman–Crippen MR) is 53.1 cm³/mol. The van der Waals surface area contributed by atoms with E-state index in [1.54, 1.807) is 0 Å². The van der Waals surface area contributed by atoms with Crippen LogP contribution in [0.5, 0.6) is 0 Å². The number of thioether (sulfide) groups is 1. The van der Waals surface area contributed by atoms with Gasteiger partial charge in [-0.1, -0.05) is 6.92 Å². The summed E-state index contributed by atoms with van der Waals surface area (Å²) < 4.78 is 0. The zero-order chi connectivity index (χ0) is 9.68. The Morgan fingerprint density at radius 1 is 1.62 bits per heavy atom. The maximum atomic E-state index is 11.5. The van der Waals surface area contributed by atoms with Crippen molar-refractivity contribution in [3.63, 3.8) is 0 Å². The highest BCUT2D eigenvalue weighted by Gasteiger charge is 2.19. The van der Waals surface area contributed by atoms with Crippen LogP contribution in [0, 0.1) is 10.7 Å². The Kier molecular flexibility index (Phi) is 4.10. The molecule has 0 spiro atoms. The van der Waals surface area contributed by atoms with E-state index in [1.807, 2.05) is 17.2 Å². The van der Waals surface area contributed by atoms with Gasteiger partial charge in [-0.15, -0.1) is 0 Å². The van der Waals surface area contributed by atoms with Crippen molar-refractivity contribution in [1.82, 2.24) is 4.90 Å². The highest BCUT2D eigenvalue weighted by Crippen LogP contribution is 2.16. The maximum absolute atomic E-state index is 11.5. The molecule has 1 rings (SSSR count). The van der Waals surface area contributed by atoms with Crippen LogP contribution in [0.3, 0.4) is 0 Å². The molecule has 1 fully saturated rings. The molecule has 1 heterocycles. The molecule has 0 aliphatic carbocycles. The molecular formula is C9H14N2OS. The van der Waals surface area contributed by atoms with Crippen molar-refractivity contribution in [2.45, 2.75) is 31.4 Å². The SMILES string of the molecule is CC(CC(=O)N1CCCC1)SC#N. The Balaban J connectivity index is 2.28. The molecule has 0 bridgehead atoms. The molecule has 0 radical (unpaired) electrons. The van der Waals surface area contributed by atoms with Gasteiger partial charge in [0.2, 0.25) is 5.91 Å². The molecule has 0 saturated carbocycles. The van der Waals surface area contributed by atoms with Crippen molar-refractivity contribution in [3.05, 3.63) is 0 Å². The molecule has 0 aromatic carbocycles. The second-order valence-electron chi connectivity index (χ2n) is 3.31. The van der Waals surface area contributed by atoms with Gasteiger partial charge in [0.25, 0.3) is 0 Å². The van der Waals surface area contributed by atoms with Crippen LogP contribution >= 0.6 is 11.8 Å². The maximum Gasteiger partial charge on any atom is 0.223 e. The normalized spacial score (nSPS) is 18.3. The quantitative estimate of drug-likeness (QED) is 0.647. The number of hydrogen-bond acceptors (Lipinski definition) is 3. The van der Waals surface area contributed by atoms with Crippen molar-refractivity contribution in [1.29, 1.82) is 5.26 Å². The monoisotopic (exact) mass is 198 g/mol. The molecule has 72 valence electrons. The molecular weight excluding hydrogens is 184 g/mol. The van der Waals surface area contributed by atoms with Crippen molar-refractivity contribution < 1.29 is 4.79 Å². The summed E-state index contributed by atoms with van der Waals surface area (Å²) in [5, 5.41) is 10.5. The standard InChI is InChI=1S/C9H14N2OS/c1-8(13-7-10)6-9(12)11-4-2-3-5-11/h8H,2-6H2,1H3. The van der Waals surface area contributed by atoms with Gasteiger partial charge in [0.05, 0.1) is 0 Å². The fourth-order valence-electron chi connectivity index (χ4n) is 1.47. The van der Waals surface area contributed by atoms with Gasteiger partial charge in [-0.05, 0) is 24.6 Å². The average molecular weight is 198 g/mol. The van der Waals surface area contributed by atoms with Gasteiger partial charge in [-0.3, -0.25) is 4.79 Å². The number of carbonyl (C=O) groups is 1. The molecule has 1 saturated heterocycles. The van der Waals surface area contributed by atoms with E-state index in [2.05, 4.69) is 0 Å². The van der Waals surface area contributed by atoms with Crippen LogP contribution < -0.4 is 0 Å². The Bertz CT molecular complexity index is 218. The second kappa shape index (κ2) is 5.13. The van der Waals surface area contributed by atoms with Gasteiger partial charge in [-0.2, -0.15) is 5.26 Å². The Morgan fingerprint density at radius 3 is 2.77 bits per heavy atom. The lowest BCUT2D eigenvalue weighted by Crippen LogP contribution is -2.29. The molecule has 1 unspecified atom stereocenters. The minimum absolute atomic E-state index is 0.123. The Hall–Kier alpha value is -0.690. The van der Waals surface area contributed by atoms with Gasteiger partial charge < -0.3 is 4.90 Å². The minimum Gasteiger partial charge on any atom is -0.343 e. The molecule has 1 atom stereocenters. The van der Waals surface area contributed by atoms with E-state index < -0.39 is 0 Å². The Morgan fingerprint density at radius 2 is 2.23 bits per heavy atom. The van der Waals surface area contributed by atoms with Crippen LogP contribution in [0.15, 0.2) is 0 Å². The second-order valence-corrected chi connectivity index (χ2v) is 4.53. The fraction of sp³-hybridized carbons (Fsp3) is 0.778. The lowest BCUT2D eigenvalue weighted by atomic mass is 10.3.